The second-order valence-corrected chi connectivity index (χ2v) is 7.17. The van der Waals surface area contributed by atoms with Gasteiger partial charge in [-0.2, -0.15) is 9.35 Å². The van der Waals surface area contributed by atoms with Crippen molar-refractivity contribution in [3.8, 4) is 11.6 Å². The summed E-state index contributed by atoms with van der Waals surface area (Å²) >= 11 is 0. The largest absolute Gasteiger partial charge is 1.00 e. The number of primary amides is 1. The molecular formula is C14H13N6NaO7S. The summed E-state index contributed by atoms with van der Waals surface area (Å²) in [5, 5.41) is 8.39. The first-order valence-corrected chi connectivity index (χ1v) is 9.42. The standard InChI is InChI=1S/C14H14N6O7S.Na/c15-11(21)8-2-1-3-9(16-8)12-17-18-13(26-12)10-5-4-7-6-19(10)14(22)20(7)27-28(23,24)25;/h1-3,7,10H,4-6H2,(H2,15,21)(H,23,24,25);/q;+1/p-1/t7-,10+;/m1./s1. The normalized spacial score (nSPS) is 21.2. The zero-order valence-corrected chi connectivity index (χ0v) is 17.9. The number of hydroxylamine groups is 2. The van der Waals surface area contributed by atoms with Crippen LogP contribution in [0.15, 0.2) is 22.6 Å². The third kappa shape index (κ3) is 4.26. The van der Waals surface area contributed by atoms with Crippen molar-refractivity contribution < 1.29 is 60.8 Å². The molecule has 2 aromatic heterocycles. The molecule has 13 nitrogen and oxygen atoms in total. The predicted molar refractivity (Wildman–Crippen MR) is 86.5 cm³/mol. The number of piperidine rings is 1. The van der Waals surface area contributed by atoms with E-state index in [0.717, 1.165) is 0 Å². The van der Waals surface area contributed by atoms with E-state index in [1.165, 1.54) is 11.0 Å². The van der Waals surface area contributed by atoms with Crippen molar-refractivity contribution in [3.63, 3.8) is 0 Å². The first-order chi connectivity index (χ1) is 13.2. The maximum atomic E-state index is 12.4. The summed E-state index contributed by atoms with van der Waals surface area (Å²) in [6.07, 6.45) is 0.765. The van der Waals surface area contributed by atoms with E-state index in [9.17, 15) is 22.6 Å². The molecule has 0 unspecified atom stereocenters. The van der Waals surface area contributed by atoms with Crippen LogP contribution in [0.2, 0.25) is 0 Å². The predicted octanol–water partition coefficient (Wildman–Crippen LogP) is -3.43. The topological polar surface area (TPSA) is 185 Å². The number of urea groups is 1. The van der Waals surface area contributed by atoms with Crippen LogP contribution in [0.5, 0.6) is 0 Å². The van der Waals surface area contributed by atoms with E-state index in [2.05, 4.69) is 19.5 Å². The number of fused-ring (bicyclic) bond motifs is 2. The Bertz CT molecular complexity index is 1060. The zero-order valence-electron chi connectivity index (χ0n) is 15.1. The Labute approximate surface area is 186 Å². The Morgan fingerprint density at radius 1 is 1.31 bits per heavy atom. The van der Waals surface area contributed by atoms with Crippen molar-refractivity contribution in [1.82, 2.24) is 25.1 Å². The third-order valence-electron chi connectivity index (χ3n) is 4.44. The number of nitrogens with two attached hydrogens (primary N) is 1. The van der Waals surface area contributed by atoms with Gasteiger partial charge in [0.15, 0.2) is 0 Å². The molecule has 2 fully saturated rings. The fourth-order valence-corrected chi connectivity index (χ4v) is 3.63. The van der Waals surface area contributed by atoms with Crippen molar-refractivity contribution >= 4 is 22.3 Å². The molecule has 0 saturated carbocycles. The summed E-state index contributed by atoms with van der Waals surface area (Å²) in [6, 6.07) is 2.58. The van der Waals surface area contributed by atoms with Gasteiger partial charge in [0.2, 0.25) is 16.3 Å². The molecule has 15 heteroatoms. The number of hydrogen-bond donors (Lipinski definition) is 1. The minimum Gasteiger partial charge on any atom is -0.724 e. The van der Waals surface area contributed by atoms with Crippen LogP contribution in [0.25, 0.3) is 11.6 Å². The van der Waals surface area contributed by atoms with Crippen LogP contribution in [0, 0.1) is 0 Å². The van der Waals surface area contributed by atoms with E-state index >= 15 is 0 Å². The van der Waals surface area contributed by atoms with Gasteiger partial charge in [-0.05, 0) is 25.0 Å². The SMILES string of the molecule is NC(=O)c1cccc(-c2nnc([C@@H]3CC[C@@H]4CN3C(=O)N4OS(=O)(=O)[O-])o2)n1.[Na+]. The van der Waals surface area contributed by atoms with Gasteiger partial charge >= 0.3 is 35.6 Å². The molecule has 148 valence electrons. The average Bonchev–Trinajstić information content (AvgIpc) is 3.22. The number of hydrogen-bond acceptors (Lipinski definition) is 10. The summed E-state index contributed by atoms with van der Waals surface area (Å²) in [5.74, 6) is -0.571. The van der Waals surface area contributed by atoms with Crippen LogP contribution < -0.4 is 35.3 Å². The molecule has 4 rings (SSSR count). The minimum atomic E-state index is -5.07. The van der Waals surface area contributed by atoms with Gasteiger partial charge in [-0.3, -0.25) is 4.79 Å². The Morgan fingerprint density at radius 2 is 2.07 bits per heavy atom. The molecule has 2 bridgehead atoms. The molecule has 0 radical (unpaired) electrons. The van der Waals surface area contributed by atoms with Crippen LogP contribution in [-0.4, -0.2) is 62.6 Å². The number of amides is 3. The van der Waals surface area contributed by atoms with Gasteiger partial charge in [-0.15, -0.1) is 10.2 Å². The first kappa shape index (κ1) is 21.6. The van der Waals surface area contributed by atoms with E-state index in [1.807, 2.05) is 0 Å². The molecule has 2 aliphatic rings. The number of rotatable bonds is 5. The summed E-state index contributed by atoms with van der Waals surface area (Å²) in [5.41, 5.74) is 5.46. The van der Waals surface area contributed by atoms with E-state index in [1.54, 1.807) is 12.1 Å². The van der Waals surface area contributed by atoms with Crippen LogP contribution in [0.3, 0.4) is 0 Å². The molecule has 4 heterocycles. The van der Waals surface area contributed by atoms with Crippen LogP contribution in [0.1, 0.15) is 35.3 Å². The molecule has 29 heavy (non-hydrogen) atoms. The molecular weight excluding hydrogens is 419 g/mol. The van der Waals surface area contributed by atoms with E-state index < -0.39 is 34.4 Å². The van der Waals surface area contributed by atoms with Crippen LogP contribution in [-0.2, 0) is 14.7 Å². The number of aromatic nitrogens is 3. The fourth-order valence-electron chi connectivity index (χ4n) is 3.25. The van der Waals surface area contributed by atoms with Gasteiger partial charge in [0, 0.05) is 6.54 Å². The van der Waals surface area contributed by atoms with Crippen molar-refractivity contribution in [3.05, 3.63) is 29.8 Å². The van der Waals surface area contributed by atoms with Gasteiger partial charge in [0.1, 0.15) is 17.4 Å². The van der Waals surface area contributed by atoms with Gasteiger partial charge < -0.3 is 19.6 Å². The molecule has 2 saturated heterocycles. The summed E-state index contributed by atoms with van der Waals surface area (Å²) < 4.78 is 42.4. The summed E-state index contributed by atoms with van der Waals surface area (Å²) in [4.78, 5) is 29.0. The number of carbonyl (C=O) groups excluding carboxylic acids is 2. The summed E-state index contributed by atoms with van der Waals surface area (Å²) in [6.45, 7) is 0.145. The van der Waals surface area contributed by atoms with Crippen molar-refractivity contribution in [2.45, 2.75) is 24.9 Å². The smallest absolute Gasteiger partial charge is 0.724 e. The number of pyridine rings is 1. The van der Waals surface area contributed by atoms with E-state index in [4.69, 9.17) is 10.2 Å². The van der Waals surface area contributed by atoms with Gasteiger partial charge in [-0.25, -0.2) is 18.2 Å². The van der Waals surface area contributed by atoms with Crippen LogP contribution >= 0.6 is 0 Å². The van der Waals surface area contributed by atoms with E-state index in [0.29, 0.717) is 17.9 Å². The maximum Gasteiger partial charge on any atom is 1.00 e. The second-order valence-electron chi connectivity index (χ2n) is 6.21. The Morgan fingerprint density at radius 3 is 2.76 bits per heavy atom. The van der Waals surface area contributed by atoms with Gasteiger partial charge in [-0.1, -0.05) is 6.07 Å². The molecule has 2 aromatic rings. The molecule has 2 atom stereocenters. The number of carbonyl (C=O) groups is 2. The number of nitrogens with zero attached hydrogens (tertiary/aromatic N) is 5. The zero-order chi connectivity index (χ0) is 20.1. The fraction of sp³-hybridized carbons (Fsp3) is 0.357. The maximum absolute atomic E-state index is 12.4. The van der Waals surface area contributed by atoms with Crippen molar-refractivity contribution in [1.29, 1.82) is 0 Å². The monoisotopic (exact) mass is 432 g/mol. The van der Waals surface area contributed by atoms with E-state index in [-0.39, 0.29) is 59.3 Å². The minimum absolute atomic E-state index is 0. The van der Waals surface area contributed by atoms with Gasteiger partial charge in [0.25, 0.3) is 11.8 Å². The average molecular weight is 432 g/mol. The first-order valence-electron chi connectivity index (χ1n) is 8.09. The molecule has 0 spiro atoms. The molecule has 0 aromatic carbocycles. The Balaban J connectivity index is 0.00000240. The molecule has 3 amide bonds. The van der Waals surface area contributed by atoms with Gasteiger partial charge in [0.05, 0.1) is 6.04 Å². The molecule has 0 aliphatic carbocycles. The molecule has 2 aliphatic heterocycles. The quantitative estimate of drug-likeness (QED) is 0.283. The Hall–Kier alpha value is -2.10. The second kappa shape index (κ2) is 7.97. The molecule has 2 N–H and O–H groups in total. The van der Waals surface area contributed by atoms with Crippen molar-refractivity contribution in [2.75, 3.05) is 6.54 Å². The third-order valence-corrected chi connectivity index (χ3v) is 4.78. The summed E-state index contributed by atoms with van der Waals surface area (Å²) in [7, 11) is -5.07. The van der Waals surface area contributed by atoms with Crippen LogP contribution in [0.4, 0.5) is 4.79 Å². The Kier molecular flexibility index (Phi) is 5.93. The van der Waals surface area contributed by atoms with Crippen molar-refractivity contribution in [2.24, 2.45) is 5.73 Å².